The second-order valence-corrected chi connectivity index (χ2v) is 20.1. The highest BCUT2D eigenvalue weighted by atomic mass is 32.2. The van der Waals surface area contributed by atoms with E-state index < -0.39 is 29.9 Å². The Morgan fingerprint density at radius 1 is 0.452 bits per heavy atom. The summed E-state index contributed by atoms with van der Waals surface area (Å²) in [7, 11) is -4.26. The van der Waals surface area contributed by atoms with Crippen LogP contribution in [0, 0.1) is 48.5 Å². The molecule has 0 aliphatic rings. The van der Waals surface area contributed by atoms with Crippen LogP contribution in [0.3, 0.4) is 0 Å². The van der Waals surface area contributed by atoms with Crippen LogP contribution in [-0.2, 0) is 43.0 Å². The molecule has 6 aromatic carbocycles. The van der Waals surface area contributed by atoms with Crippen molar-refractivity contribution in [2.75, 3.05) is 27.4 Å². The standard InChI is InChI=1S/C10H15N.C8H11NO2S.C8H11N.C8H10O2S.C8H10.C7H9NO2S/c1-9-6-4-5-7-10(9)8-11(2)3;1-7-5-3-4-6-8(7)12(10,11)9-2;1-7-4-2-3-5-8(7)6-9;1-7-5-3-4-6-8(7)11(2,9)10;1-7-5-3-4-6-8(7)2;1-6-4-2-3-5-7(6)11(8,9)10/h4-7H,8H2,1-3H3;3-6,9H,1-2H3;2-5H,6,9H2,1H3;3-6H,1-2H3;3-6H,1-2H3;2-5H,1H3,(H2,8,9,10). The van der Waals surface area contributed by atoms with Crippen LogP contribution in [0.25, 0.3) is 0 Å². The van der Waals surface area contributed by atoms with E-state index in [-0.39, 0.29) is 4.90 Å². The first-order valence-electron chi connectivity index (χ1n) is 19.8. The summed E-state index contributed by atoms with van der Waals surface area (Å²) in [5, 5.41) is 4.93. The van der Waals surface area contributed by atoms with Crippen LogP contribution >= 0.6 is 0 Å². The van der Waals surface area contributed by atoms with Gasteiger partial charge in [0.15, 0.2) is 9.84 Å². The number of rotatable bonds is 7. The van der Waals surface area contributed by atoms with Gasteiger partial charge in [0.2, 0.25) is 20.0 Å². The molecule has 0 aliphatic carbocycles. The van der Waals surface area contributed by atoms with E-state index in [0.29, 0.717) is 21.9 Å². The van der Waals surface area contributed by atoms with Crippen molar-refractivity contribution in [1.29, 1.82) is 0 Å². The largest absolute Gasteiger partial charge is 0.326 e. The third kappa shape index (κ3) is 20.7. The molecule has 0 unspecified atom stereocenters. The van der Waals surface area contributed by atoms with Crippen molar-refractivity contribution in [2.24, 2.45) is 10.9 Å². The minimum atomic E-state index is -3.53. The fraction of sp³-hybridized carbons (Fsp3) is 0.265. The van der Waals surface area contributed by atoms with Gasteiger partial charge in [0, 0.05) is 19.3 Å². The van der Waals surface area contributed by atoms with Crippen LogP contribution in [0.15, 0.2) is 160 Å². The first-order valence-corrected chi connectivity index (χ1v) is 24.7. The van der Waals surface area contributed by atoms with Crippen molar-refractivity contribution in [3.05, 3.63) is 196 Å². The zero-order valence-electron chi connectivity index (χ0n) is 38.0. The van der Waals surface area contributed by atoms with Crippen LogP contribution in [0.5, 0.6) is 0 Å². The smallest absolute Gasteiger partial charge is 0.240 e. The van der Waals surface area contributed by atoms with Crippen molar-refractivity contribution in [2.45, 2.75) is 76.2 Å². The Balaban J connectivity index is 0.000000374. The molecule has 0 radical (unpaired) electrons. The maximum atomic E-state index is 11.3. The molecule has 0 saturated heterocycles. The molecule has 336 valence electrons. The molecule has 6 rings (SSSR count). The molecular weight excluding hydrogens is 837 g/mol. The molecule has 0 aliphatic heterocycles. The van der Waals surface area contributed by atoms with Crippen molar-refractivity contribution in [3.8, 4) is 0 Å². The average molecular weight is 903 g/mol. The summed E-state index contributed by atoms with van der Waals surface area (Å²) in [6.45, 7) is 15.4. The van der Waals surface area contributed by atoms with Crippen molar-refractivity contribution >= 4 is 29.9 Å². The van der Waals surface area contributed by atoms with Gasteiger partial charge >= 0.3 is 0 Å². The van der Waals surface area contributed by atoms with E-state index in [9.17, 15) is 25.3 Å². The summed E-state index contributed by atoms with van der Waals surface area (Å²) < 4.78 is 68.7. The molecule has 0 saturated carbocycles. The molecule has 13 heteroatoms. The predicted octanol–water partition coefficient (Wildman–Crippen LogP) is 8.76. The van der Waals surface area contributed by atoms with E-state index in [2.05, 4.69) is 112 Å². The molecule has 6 aromatic rings. The maximum absolute atomic E-state index is 11.3. The minimum Gasteiger partial charge on any atom is -0.326 e. The van der Waals surface area contributed by atoms with Crippen LogP contribution in [0.1, 0.15) is 50.1 Å². The first kappa shape index (κ1) is 55.0. The zero-order chi connectivity index (χ0) is 47.1. The van der Waals surface area contributed by atoms with Crippen molar-refractivity contribution in [1.82, 2.24) is 9.62 Å². The van der Waals surface area contributed by atoms with Gasteiger partial charge in [-0.15, -0.1) is 0 Å². The molecule has 0 spiro atoms. The van der Waals surface area contributed by atoms with Gasteiger partial charge in [-0.05, 0) is 138 Å². The monoisotopic (exact) mass is 902 g/mol. The van der Waals surface area contributed by atoms with Crippen LogP contribution < -0.4 is 15.6 Å². The van der Waals surface area contributed by atoms with Gasteiger partial charge in [0.05, 0.1) is 14.7 Å². The Labute approximate surface area is 373 Å². The molecule has 0 aromatic heterocycles. The fourth-order valence-corrected chi connectivity index (χ4v) is 8.18. The zero-order valence-corrected chi connectivity index (χ0v) is 40.5. The third-order valence-corrected chi connectivity index (χ3v) is 13.1. The number of nitrogens with two attached hydrogens (primary N) is 2. The number of nitrogens with zero attached hydrogens (tertiary/aromatic N) is 1. The highest BCUT2D eigenvalue weighted by Crippen LogP contribution is 2.14. The molecule has 0 bridgehead atoms. The number of primary sulfonamides is 1. The lowest BCUT2D eigenvalue weighted by Gasteiger charge is -2.11. The van der Waals surface area contributed by atoms with Gasteiger partial charge in [-0.3, -0.25) is 0 Å². The lowest BCUT2D eigenvalue weighted by molar-refractivity contribution is 0.401. The number of nitrogens with one attached hydrogen (secondary N) is 1. The predicted molar refractivity (Wildman–Crippen MR) is 258 cm³/mol. The Hall–Kier alpha value is -4.99. The number of aryl methyl sites for hydroxylation is 7. The summed E-state index contributed by atoms with van der Waals surface area (Å²) >= 11 is 0. The minimum absolute atomic E-state index is 0.194. The number of sulfonamides is 2. The van der Waals surface area contributed by atoms with Gasteiger partial charge in [-0.1, -0.05) is 127 Å². The topological polar surface area (TPSA) is 170 Å². The van der Waals surface area contributed by atoms with Crippen LogP contribution in [0.4, 0.5) is 0 Å². The van der Waals surface area contributed by atoms with E-state index in [0.717, 1.165) is 17.7 Å². The van der Waals surface area contributed by atoms with E-state index in [4.69, 9.17) is 10.9 Å². The van der Waals surface area contributed by atoms with Crippen LogP contribution in [-0.4, -0.2) is 57.6 Å². The normalized spacial score (nSPS) is 10.7. The lowest BCUT2D eigenvalue weighted by atomic mass is 10.1. The second-order valence-electron chi connectivity index (χ2n) is 14.7. The maximum Gasteiger partial charge on any atom is 0.240 e. The van der Waals surface area contributed by atoms with E-state index in [1.54, 1.807) is 75.4 Å². The molecule has 0 amide bonds. The Morgan fingerprint density at radius 2 is 0.758 bits per heavy atom. The van der Waals surface area contributed by atoms with E-state index >= 15 is 0 Å². The van der Waals surface area contributed by atoms with Gasteiger partial charge in [-0.2, -0.15) is 0 Å². The lowest BCUT2D eigenvalue weighted by Crippen LogP contribution is -2.19. The quantitative estimate of drug-likeness (QED) is 0.143. The van der Waals surface area contributed by atoms with E-state index in [1.165, 1.54) is 52.8 Å². The van der Waals surface area contributed by atoms with Crippen molar-refractivity contribution in [3.63, 3.8) is 0 Å². The van der Waals surface area contributed by atoms with Gasteiger partial charge in [-0.25, -0.2) is 35.1 Å². The molecule has 0 heterocycles. The fourth-order valence-electron chi connectivity index (χ4n) is 5.45. The van der Waals surface area contributed by atoms with Crippen molar-refractivity contribution < 1.29 is 25.3 Å². The first-order chi connectivity index (χ1) is 29.0. The van der Waals surface area contributed by atoms with E-state index in [1.807, 2.05) is 24.3 Å². The highest BCUT2D eigenvalue weighted by molar-refractivity contribution is 7.90. The Kier molecular flexibility index (Phi) is 24.1. The molecule has 10 nitrogen and oxygen atoms in total. The summed E-state index contributed by atoms with van der Waals surface area (Å²) in [4.78, 5) is 3.13. The second kappa shape index (κ2) is 27.2. The van der Waals surface area contributed by atoms with Gasteiger partial charge in [0.1, 0.15) is 0 Å². The molecule has 0 fully saturated rings. The summed E-state index contributed by atoms with van der Waals surface area (Å²) in [6, 6.07) is 45.4. The Morgan fingerprint density at radius 3 is 1.00 bits per heavy atom. The number of benzene rings is 6. The third-order valence-electron chi connectivity index (χ3n) is 9.20. The average Bonchev–Trinajstić information content (AvgIpc) is 3.21. The highest BCUT2D eigenvalue weighted by Gasteiger charge is 2.12. The molecular formula is C49H66N4O6S3. The SMILES string of the molecule is CNS(=O)(=O)c1ccccc1C.Cc1ccccc1C.Cc1ccccc1CN.Cc1ccccc1CN(C)C.Cc1ccccc1S(C)(=O)=O.Cc1ccccc1S(N)(=O)=O. The van der Waals surface area contributed by atoms with Gasteiger partial charge < -0.3 is 10.6 Å². The summed E-state index contributed by atoms with van der Waals surface area (Å²) in [6.07, 6.45) is 1.22. The molecule has 62 heavy (non-hydrogen) atoms. The number of hydrogen-bond donors (Lipinski definition) is 3. The molecule has 5 N–H and O–H groups in total. The number of hydrogen-bond acceptors (Lipinski definition) is 8. The van der Waals surface area contributed by atoms with Gasteiger partial charge in [0.25, 0.3) is 0 Å². The van der Waals surface area contributed by atoms with Crippen LogP contribution in [0.2, 0.25) is 0 Å². The Bertz CT molecular complexity index is 2520. The number of sulfone groups is 1. The summed E-state index contributed by atoms with van der Waals surface area (Å²) in [5.74, 6) is 0. The summed E-state index contributed by atoms with van der Waals surface area (Å²) in [5.41, 5.74) is 15.7. The molecule has 0 atom stereocenters.